The Morgan fingerprint density at radius 3 is 2.52 bits per heavy atom. The van der Waals surface area contributed by atoms with Gasteiger partial charge >= 0.3 is 5.97 Å². The Kier molecular flexibility index (Phi) is 6.00. The first-order chi connectivity index (χ1) is 11.9. The summed E-state index contributed by atoms with van der Waals surface area (Å²) in [4.78, 5) is 24.1. The second-order valence-corrected chi connectivity index (χ2v) is 5.72. The number of hydrogen-bond acceptors (Lipinski definition) is 5. The molecule has 0 bridgehead atoms. The van der Waals surface area contributed by atoms with Gasteiger partial charge in [-0.3, -0.25) is 4.79 Å². The Morgan fingerprint density at radius 2 is 1.84 bits per heavy atom. The predicted octanol–water partition coefficient (Wildman–Crippen LogP) is 3.32. The first-order valence-corrected chi connectivity index (χ1v) is 7.86. The molecule has 1 amide bonds. The Morgan fingerprint density at radius 1 is 1.12 bits per heavy atom. The number of aromatic hydroxyl groups is 1. The summed E-state index contributed by atoms with van der Waals surface area (Å²) in [6.45, 7) is 3.59. The van der Waals surface area contributed by atoms with Crippen molar-refractivity contribution in [1.82, 2.24) is 0 Å². The average Bonchev–Trinajstić information content (AvgIpc) is 2.60. The van der Waals surface area contributed by atoms with E-state index in [1.807, 2.05) is 32.0 Å². The van der Waals surface area contributed by atoms with Gasteiger partial charge in [0.15, 0.2) is 18.1 Å². The monoisotopic (exact) mass is 343 g/mol. The van der Waals surface area contributed by atoms with E-state index >= 15 is 0 Å². The standard InChI is InChI=1S/C19H21NO5/c1-12(2)13-7-4-5-9-15(13)20-17(21)11-25-19(23)14-8-6-10-16(24-3)18(14)22/h4-10,12,22H,11H2,1-3H3,(H,20,21). The van der Waals surface area contributed by atoms with Gasteiger partial charge in [0, 0.05) is 5.69 Å². The summed E-state index contributed by atoms with van der Waals surface area (Å²) >= 11 is 0. The maximum atomic E-state index is 12.1. The van der Waals surface area contributed by atoms with E-state index < -0.39 is 18.5 Å². The van der Waals surface area contributed by atoms with Crippen LogP contribution in [0.2, 0.25) is 0 Å². The van der Waals surface area contributed by atoms with Gasteiger partial charge in [-0.1, -0.05) is 38.1 Å². The van der Waals surface area contributed by atoms with Crippen LogP contribution in [0.15, 0.2) is 42.5 Å². The van der Waals surface area contributed by atoms with E-state index in [2.05, 4.69) is 5.32 Å². The number of carbonyl (C=O) groups is 2. The minimum Gasteiger partial charge on any atom is -0.504 e. The number of rotatable bonds is 6. The fourth-order valence-corrected chi connectivity index (χ4v) is 2.36. The lowest BCUT2D eigenvalue weighted by Crippen LogP contribution is -2.21. The maximum Gasteiger partial charge on any atom is 0.342 e. The minimum absolute atomic E-state index is 0.0604. The Hall–Kier alpha value is -3.02. The van der Waals surface area contributed by atoms with Crippen LogP contribution in [0.5, 0.6) is 11.5 Å². The highest BCUT2D eigenvalue weighted by Crippen LogP contribution is 2.29. The molecule has 0 radical (unpaired) electrons. The number of amides is 1. The van der Waals surface area contributed by atoms with Crippen LogP contribution in [0.3, 0.4) is 0 Å². The fraction of sp³-hybridized carbons (Fsp3) is 0.263. The average molecular weight is 343 g/mol. The van der Waals surface area contributed by atoms with Gasteiger partial charge in [0.25, 0.3) is 5.91 Å². The molecule has 2 rings (SSSR count). The lowest BCUT2D eigenvalue weighted by Gasteiger charge is -2.14. The number of methoxy groups -OCH3 is 1. The zero-order valence-electron chi connectivity index (χ0n) is 14.4. The summed E-state index contributed by atoms with van der Waals surface area (Å²) in [6.07, 6.45) is 0. The second-order valence-electron chi connectivity index (χ2n) is 5.72. The molecule has 0 saturated carbocycles. The smallest absolute Gasteiger partial charge is 0.342 e. The molecule has 2 N–H and O–H groups in total. The number of phenols is 1. The second kappa shape index (κ2) is 8.19. The van der Waals surface area contributed by atoms with E-state index in [4.69, 9.17) is 9.47 Å². The van der Waals surface area contributed by atoms with Gasteiger partial charge in [0.05, 0.1) is 7.11 Å². The van der Waals surface area contributed by atoms with Crippen molar-refractivity contribution in [2.75, 3.05) is 19.0 Å². The molecule has 0 aliphatic rings. The fourth-order valence-electron chi connectivity index (χ4n) is 2.36. The number of phenolic OH excluding ortho intramolecular Hbond substituents is 1. The predicted molar refractivity (Wildman–Crippen MR) is 94.1 cm³/mol. The molecule has 0 fully saturated rings. The molecule has 6 nitrogen and oxygen atoms in total. The SMILES string of the molecule is COc1cccc(C(=O)OCC(=O)Nc2ccccc2C(C)C)c1O. The molecule has 0 unspecified atom stereocenters. The summed E-state index contributed by atoms with van der Waals surface area (Å²) in [5.41, 5.74) is 1.62. The van der Waals surface area contributed by atoms with Crippen molar-refractivity contribution in [2.24, 2.45) is 0 Å². The molecule has 2 aromatic rings. The van der Waals surface area contributed by atoms with E-state index in [-0.39, 0.29) is 23.0 Å². The Balaban J connectivity index is 2.00. The highest BCUT2D eigenvalue weighted by molar-refractivity contribution is 5.97. The van der Waals surface area contributed by atoms with Gasteiger partial charge in [0.1, 0.15) is 5.56 Å². The molecule has 0 heterocycles. The van der Waals surface area contributed by atoms with Gasteiger partial charge in [-0.25, -0.2) is 4.79 Å². The first kappa shape index (κ1) is 18.3. The molecule has 6 heteroatoms. The zero-order chi connectivity index (χ0) is 18.4. The van der Waals surface area contributed by atoms with Gasteiger partial charge in [-0.2, -0.15) is 0 Å². The van der Waals surface area contributed by atoms with Gasteiger partial charge in [0.2, 0.25) is 0 Å². The summed E-state index contributed by atoms with van der Waals surface area (Å²) in [7, 11) is 1.38. The molecule has 2 aromatic carbocycles. The highest BCUT2D eigenvalue weighted by atomic mass is 16.5. The molecule has 0 aliphatic heterocycles. The van der Waals surface area contributed by atoms with Crippen molar-refractivity contribution in [3.05, 3.63) is 53.6 Å². The summed E-state index contributed by atoms with van der Waals surface area (Å²) in [6, 6.07) is 11.9. The first-order valence-electron chi connectivity index (χ1n) is 7.86. The largest absolute Gasteiger partial charge is 0.504 e. The van der Waals surface area contributed by atoms with Crippen LogP contribution in [0.1, 0.15) is 35.7 Å². The third kappa shape index (κ3) is 4.50. The van der Waals surface area contributed by atoms with Crippen LogP contribution >= 0.6 is 0 Å². The molecule has 132 valence electrons. The van der Waals surface area contributed by atoms with Gasteiger partial charge < -0.3 is 19.9 Å². The maximum absolute atomic E-state index is 12.1. The molecule has 0 saturated heterocycles. The Bertz CT molecular complexity index is 770. The number of carbonyl (C=O) groups excluding carboxylic acids is 2. The topological polar surface area (TPSA) is 84.9 Å². The minimum atomic E-state index is -0.802. The lowest BCUT2D eigenvalue weighted by molar-refractivity contribution is -0.119. The van der Waals surface area contributed by atoms with Crippen LogP contribution in [0.25, 0.3) is 0 Å². The summed E-state index contributed by atoms with van der Waals surface area (Å²) < 4.78 is 9.92. The van der Waals surface area contributed by atoms with Gasteiger partial charge in [-0.05, 0) is 29.7 Å². The molecule has 25 heavy (non-hydrogen) atoms. The number of ether oxygens (including phenoxy) is 2. The van der Waals surface area contributed by atoms with E-state index in [0.29, 0.717) is 5.69 Å². The molecule has 0 aromatic heterocycles. The van der Waals surface area contributed by atoms with Gasteiger partial charge in [-0.15, -0.1) is 0 Å². The van der Waals surface area contributed by atoms with Crippen LogP contribution in [-0.2, 0) is 9.53 Å². The highest BCUT2D eigenvalue weighted by Gasteiger charge is 2.18. The third-order valence-electron chi connectivity index (χ3n) is 3.63. The number of esters is 1. The normalized spacial score (nSPS) is 10.4. The summed E-state index contributed by atoms with van der Waals surface area (Å²) in [5, 5.41) is 12.7. The lowest BCUT2D eigenvalue weighted by atomic mass is 10.0. The van der Waals surface area contributed by atoms with Crippen molar-refractivity contribution >= 4 is 17.6 Å². The van der Waals surface area contributed by atoms with E-state index in [1.54, 1.807) is 12.1 Å². The molecule has 0 spiro atoms. The Labute approximate surface area is 146 Å². The number of benzene rings is 2. The van der Waals surface area contributed by atoms with Crippen molar-refractivity contribution < 1.29 is 24.2 Å². The van der Waals surface area contributed by atoms with Crippen LogP contribution in [0.4, 0.5) is 5.69 Å². The van der Waals surface area contributed by atoms with Crippen LogP contribution in [-0.4, -0.2) is 30.7 Å². The van der Waals surface area contributed by atoms with Crippen molar-refractivity contribution in [3.63, 3.8) is 0 Å². The van der Waals surface area contributed by atoms with Crippen molar-refractivity contribution in [3.8, 4) is 11.5 Å². The van der Waals surface area contributed by atoms with E-state index in [0.717, 1.165) is 5.56 Å². The number of anilines is 1. The quantitative estimate of drug-likeness (QED) is 0.786. The van der Waals surface area contributed by atoms with Crippen LogP contribution < -0.4 is 10.1 Å². The third-order valence-corrected chi connectivity index (χ3v) is 3.63. The molecule has 0 aliphatic carbocycles. The van der Waals surface area contributed by atoms with Crippen molar-refractivity contribution in [2.45, 2.75) is 19.8 Å². The molecular formula is C19H21NO5. The zero-order valence-corrected chi connectivity index (χ0v) is 14.4. The number of para-hydroxylation sites is 2. The number of hydrogen-bond donors (Lipinski definition) is 2. The summed E-state index contributed by atoms with van der Waals surface area (Å²) in [5.74, 6) is -1.18. The van der Waals surface area contributed by atoms with Crippen molar-refractivity contribution in [1.29, 1.82) is 0 Å². The van der Waals surface area contributed by atoms with E-state index in [1.165, 1.54) is 19.2 Å². The van der Waals surface area contributed by atoms with Crippen LogP contribution in [0, 0.1) is 0 Å². The molecule has 0 atom stereocenters. The molecular weight excluding hydrogens is 322 g/mol. The van der Waals surface area contributed by atoms with E-state index in [9.17, 15) is 14.7 Å². The number of nitrogens with one attached hydrogen (secondary N) is 1.